The van der Waals surface area contributed by atoms with Crippen LogP contribution in [0.2, 0.25) is 0 Å². The van der Waals surface area contributed by atoms with Gasteiger partial charge in [-0.1, -0.05) is 12.1 Å². The van der Waals surface area contributed by atoms with Gasteiger partial charge in [0.2, 0.25) is 0 Å². The van der Waals surface area contributed by atoms with Crippen LogP contribution in [0.1, 0.15) is 18.9 Å². The second kappa shape index (κ2) is 7.48. The first kappa shape index (κ1) is 18.1. The molecule has 0 atom stereocenters. The predicted molar refractivity (Wildman–Crippen MR) is 120 cm³/mol. The van der Waals surface area contributed by atoms with E-state index in [9.17, 15) is 0 Å². The van der Waals surface area contributed by atoms with Crippen LogP contribution in [-0.2, 0) is 6.54 Å². The Hall–Kier alpha value is -1.92. The second-order valence-electron chi connectivity index (χ2n) is 6.41. The van der Waals surface area contributed by atoms with E-state index in [0.717, 1.165) is 24.1 Å². The van der Waals surface area contributed by atoms with Gasteiger partial charge in [0, 0.05) is 0 Å². The minimum absolute atomic E-state index is 0.00284. The summed E-state index contributed by atoms with van der Waals surface area (Å²) in [5, 5.41) is 2.53. The normalized spacial score (nSPS) is 15.5. The quantitative estimate of drug-likeness (QED) is 0.320. The Morgan fingerprint density at radius 3 is 2.89 bits per heavy atom. The van der Waals surface area contributed by atoms with Crippen LogP contribution in [0.4, 0.5) is 5.69 Å². The number of fused-ring (bicyclic) bond motifs is 4. The standard InChI is InChI=1S/C21H19N4S2Se/c1-3-24-15-8-5-6-9-16(15)26-18(24)10-7-11-19-25(4-2)21-17(27-19)13-12-14-20(21)23-28-22-14/h5-13H,3-4H2,1-2H3/q+1. The van der Waals surface area contributed by atoms with Crippen molar-refractivity contribution >= 4 is 71.1 Å². The van der Waals surface area contributed by atoms with E-state index in [4.69, 9.17) is 0 Å². The third-order valence-electron chi connectivity index (χ3n) is 4.86. The van der Waals surface area contributed by atoms with Gasteiger partial charge in [-0.3, -0.25) is 0 Å². The van der Waals surface area contributed by atoms with Crippen molar-refractivity contribution in [3.63, 3.8) is 0 Å². The van der Waals surface area contributed by atoms with Crippen LogP contribution in [0.5, 0.6) is 0 Å². The molecule has 1 aliphatic rings. The summed E-state index contributed by atoms with van der Waals surface area (Å²) in [6, 6.07) is 12.9. The number of rotatable bonds is 4. The van der Waals surface area contributed by atoms with Gasteiger partial charge in [-0.15, -0.1) is 0 Å². The van der Waals surface area contributed by atoms with Gasteiger partial charge in [0.1, 0.15) is 0 Å². The van der Waals surface area contributed by atoms with Gasteiger partial charge < -0.3 is 0 Å². The second-order valence-corrected chi connectivity index (χ2v) is 9.64. The van der Waals surface area contributed by atoms with Gasteiger partial charge in [-0.05, 0) is 0 Å². The minimum atomic E-state index is 0.00284. The number of nitrogens with zero attached hydrogens (tertiary/aromatic N) is 4. The SMILES string of the molecule is CCN1C(=CC=Cc2sc3ccc4n[se]nc4c3[n+]2CC)Sc2ccccc21. The van der Waals surface area contributed by atoms with Crippen LogP contribution in [0.15, 0.2) is 58.5 Å². The molecule has 0 radical (unpaired) electrons. The Morgan fingerprint density at radius 2 is 2.04 bits per heavy atom. The van der Waals surface area contributed by atoms with Crippen molar-refractivity contribution in [1.82, 2.24) is 7.96 Å². The molecule has 0 spiro atoms. The summed E-state index contributed by atoms with van der Waals surface area (Å²) in [5.41, 5.74) is 4.66. The van der Waals surface area contributed by atoms with Crippen LogP contribution in [0.3, 0.4) is 0 Å². The van der Waals surface area contributed by atoms with Gasteiger partial charge in [0.05, 0.1) is 0 Å². The Kier molecular flexibility index (Phi) is 4.85. The zero-order valence-electron chi connectivity index (χ0n) is 15.6. The molecule has 28 heavy (non-hydrogen) atoms. The fourth-order valence-corrected chi connectivity index (χ4v) is 7.00. The predicted octanol–water partition coefficient (Wildman–Crippen LogP) is 4.70. The molecule has 1 aliphatic heterocycles. The summed E-state index contributed by atoms with van der Waals surface area (Å²) < 4.78 is 12.9. The Bertz CT molecular complexity index is 1240. The van der Waals surface area contributed by atoms with Crippen LogP contribution >= 0.6 is 23.1 Å². The number of hydrogen-bond donors (Lipinski definition) is 0. The van der Waals surface area contributed by atoms with Crippen molar-refractivity contribution in [3.05, 3.63) is 58.6 Å². The molecule has 5 rings (SSSR count). The zero-order chi connectivity index (χ0) is 19.1. The fourth-order valence-electron chi connectivity index (χ4n) is 3.59. The molecule has 0 amide bonds. The first-order chi connectivity index (χ1) is 13.8. The average molecular weight is 471 g/mol. The van der Waals surface area contributed by atoms with E-state index in [-0.39, 0.29) is 15.0 Å². The number of thiazole rings is 1. The van der Waals surface area contributed by atoms with Crippen molar-refractivity contribution in [2.45, 2.75) is 25.3 Å². The molecule has 0 saturated carbocycles. The number of allylic oxidation sites excluding steroid dienone is 2. The number of aromatic nitrogens is 3. The maximum atomic E-state index is 4.67. The summed E-state index contributed by atoms with van der Waals surface area (Å²) in [7, 11) is 0. The Balaban J connectivity index is 1.52. The number of benzene rings is 2. The molecular formula is C21H19N4S2Se+. The van der Waals surface area contributed by atoms with Crippen molar-refractivity contribution < 1.29 is 4.57 Å². The molecule has 140 valence electrons. The van der Waals surface area contributed by atoms with Crippen LogP contribution in [-0.4, -0.2) is 29.5 Å². The number of hydrogen-bond acceptors (Lipinski definition) is 5. The molecule has 0 saturated heterocycles. The molecule has 4 aromatic rings. The van der Waals surface area contributed by atoms with E-state index in [2.05, 4.69) is 85.9 Å². The van der Waals surface area contributed by atoms with E-state index in [1.165, 1.54) is 30.8 Å². The Morgan fingerprint density at radius 1 is 1.14 bits per heavy atom. The fraction of sp³-hybridized carbons (Fsp3) is 0.190. The molecule has 0 fully saturated rings. The summed E-state index contributed by atoms with van der Waals surface area (Å²) in [5.74, 6) is 0. The Labute approximate surface area is 178 Å². The number of para-hydroxylation sites is 1. The maximum absolute atomic E-state index is 4.67. The number of anilines is 1. The third-order valence-corrected chi connectivity index (χ3v) is 8.25. The van der Waals surface area contributed by atoms with E-state index < -0.39 is 0 Å². The molecular weight excluding hydrogens is 451 g/mol. The van der Waals surface area contributed by atoms with Gasteiger partial charge >= 0.3 is 167 Å². The molecule has 2 aromatic heterocycles. The van der Waals surface area contributed by atoms with Crippen molar-refractivity contribution in [2.75, 3.05) is 11.4 Å². The molecule has 2 aromatic carbocycles. The van der Waals surface area contributed by atoms with Crippen molar-refractivity contribution in [1.29, 1.82) is 0 Å². The molecule has 0 bridgehead atoms. The molecule has 7 heteroatoms. The van der Waals surface area contributed by atoms with E-state index >= 15 is 0 Å². The van der Waals surface area contributed by atoms with E-state index in [0.29, 0.717) is 0 Å². The van der Waals surface area contributed by atoms with E-state index in [1.807, 2.05) is 23.1 Å². The first-order valence-corrected chi connectivity index (χ1v) is 12.5. The monoisotopic (exact) mass is 471 g/mol. The van der Waals surface area contributed by atoms with Gasteiger partial charge in [0.15, 0.2) is 0 Å². The average Bonchev–Trinajstić information content (AvgIpc) is 3.41. The van der Waals surface area contributed by atoms with Gasteiger partial charge in [-0.25, -0.2) is 0 Å². The van der Waals surface area contributed by atoms with Gasteiger partial charge in [0.25, 0.3) is 0 Å². The van der Waals surface area contributed by atoms with Crippen LogP contribution in [0, 0.1) is 0 Å². The third kappa shape index (κ3) is 2.94. The number of aryl methyl sites for hydroxylation is 1. The van der Waals surface area contributed by atoms with E-state index in [1.54, 1.807) is 0 Å². The first-order valence-electron chi connectivity index (χ1n) is 9.30. The number of thioether (sulfide) groups is 1. The van der Waals surface area contributed by atoms with Gasteiger partial charge in [-0.2, -0.15) is 0 Å². The summed E-state index contributed by atoms with van der Waals surface area (Å²) in [6.45, 7) is 6.30. The molecule has 4 nitrogen and oxygen atoms in total. The topological polar surface area (TPSA) is 32.9 Å². The van der Waals surface area contributed by atoms with Crippen LogP contribution < -0.4 is 9.47 Å². The van der Waals surface area contributed by atoms with Crippen LogP contribution in [0.25, 0.3) is 27.3 Å². The molecule has 0 unspecified atom stereocenters. The molecule has 0 N–H and O–H groups in total. The van der Waals surface area contributed by atoms with Crippen molar-refractivity contribution in [3.8, 4) is 0 Å². The zero-order valence-corrected chi connectivity index (χ0v) is 19.0. The van der Waals surface area contributed by atoms with Crippen molar-refractivity contribution in [2.24, 2.45) is 0 Å². The summed E-state index contributed by atoms with van der Waals surface area (Å²) in [6.07, 6.45) is 6.63. The summed E-state index contributed by atoms with van der Waals surface area (Å²) in [4.78, 5) is 3.70. The molecule has 0 aliphatic carbocycles. The molecule has 3 heterocycles. The summed E-state index contributed by atoms with van der Waals surface area (Å²) >= 11 is 3.67.